The summed E-state index contributed by atoms with van der Waals surface area (Å²) in [5.74, 6) is 1.69. The first kappa shape index (κ1) is 13.0. The van der Waals surface area contributed by atoms with E-state index < -0.39 is 0 Å². The summed E-state index contributed by atoms with van der Waals surface area (Å²) in [6.07, 6.45) is 0. The number of benzene rings is 2. The molecule has 1 heterocycles. The van der Waals surface area contributed by atoms with Gasteiger partial charge in [-0.15, -0.1) is 0 Å². The van der Waals surface area contributed by atoms with Crippen molar-refractivity contribution in [2.24, 2.45) is 0 Å². The van der Waals surface area contributed by atoms with Crippen molar-refractivity contribution in [3.63, 3.8) is 0 Å². The highest BCUT2D eigenvalue weighted by Crippen LogP contribution is 2.47. The second-order valence-corrected chi connectivity index (χ2v) is 5.90. The zero-order valence-electron chi connectivity index (χ0n) is 12.3. The lowest BCUT2D eigenvalue weighted by molar-refractivity contribution is 0.338. The van der Waals surface area contributed by atoms with Gasteiger partial charge in [-0.05, 0) is 28.7 Å². The highest BCUT2D eigenvalue weighted by atomic mass is 16.5. The molecule has 0 saturated heterocycles. The first-order valence-corrected chi connectivity index (χ1v) is 7.24. The summed E-state index contributed by atoms with van der Waals surface area (Å²) in [7, 11) is 0. The Kier molecular flexibility index (Phi) is 3.17. The third kappa shape index (κ3) is 1.96. The van der Waals surface area contributed by atoms with Crippen molar-refractivity contribution in [1.29, 1.82) is 0 Å². The van der Waals surface area contributed by atoms with Gasteiger partial charge in [0.1, 0.15) is 5.75 Å². The Balaban J connectivity index is 2.29. The highest BCUT2D eigenvalue weighted by molar-refractivity contribution is 5.79. The van der Waals surface area contributed by atoms with E-state index in [1.807, 2.05) is 6.07 Å². The van der Waals surface area contributed by atoms with Gasteiger partial charge in [-0.2, -0.15) is 0 Å². The van der Waals surface area contributed by atoms with Gasteiger partial charge in [-0.25, -0.2) is 0 Å². The Morgan fingerprint density at radius 3 is 2.55 bits per heavy atom. The number of nitrogen functional groups attached to an aromatic ring is 1. The van der Waals surface area contributed by atoms with Gasteiger partial charge in [-0.1, -0.05) is 51.1 Å². The van der Waals surface area contributed by atoms with Crippen LogP contribution in [0.25, 0.3) is 11.1 Å². The molecule has 0 aliphatic carbocycles. The number of rotatable bonds is 2. The number of anilines is 1. The second kappa shape index (κ2) is 4.86. The molecule has 2 nitrogen and oxygen atoms in total. The van der Waals surface area contributed by atoms with Crippen LogP contribution in [0, 0.1) is 0 Å². The molecule has 0 spiro atoms. The molecule has 1 aliphatic heterocycles. The van der Waals surface area contributed by atoms with Crippen molar-refractivity contribution in [2.75, 3.05) is 12.3 Å². The normalized spacial score (nSPS) is 17.1. The van der Waals surface area contributed by atoms with Gasteiger partial charge in [0.2, 0.25) is 0 Å². The molecule has 3 rings (SSSR count). The van der Waals surface area contributed by atoms with E-state index >= 15 is 0 Å². The van der Waals surface area contributed by atoms with Crippen LogP contribution < -0.4 is 10.5 Å². The Labute approximate surface area is 120 Å². The monoisotopic (exact) mass is 267 g/mol. The summed E-state index contributed by atoms with van der Waals surface area (Å²) in [6, 6.07) is 12.8. The van der Waals surface area contributed by atoms with E-state index in [4.69, 9.17) is 10.5 Å². The van der Waals surface area contributed by atoms with E-state index in [-0.39, 0.29) is 0 Å². The van der Waals surface area contributed by atoms with Gasteiger partial charge in [0.05, 0.1) is 12.3 Å². The molecule has 0 fully saturated rings. The van der Waals surface area contributed by atoms with Crippen molar-refractivity contribution in [1.82, 2.24) is 0 Å². The van der Waals surface area contributed by atoms with Crippen LogP contribution >= 0.6 is 0 Å². The first-order valence-electron chi connectivity index (χ1n) is 7.24. The van der Waals surface area contributed by atoms with E-state index in [0.717, 1.165) is 18.0 Å². The first-order chi connectivity index (χ1) is 9.59. The fourth-order valence-electron chi connectivity index (χ4n) is 2.98. The molecule has 1 unspecified atom stereocenters. The Hall–Kier alpha value is -1.96. The summed E-state index contributed by atoms with van der Waals surface area (Å²) < 4.78 is 5.87. The van der Waals surface area contributed by atoms with Crippen molar-refractivity contribution >= 4 is 5.69 Å². The molecule has 20 heavy (non-hydrogen) atoms. The van der Waals surface area contributed by atoms with E-state index in [1.165, 1.54) is 22.3 Å². The van der Waals surface area contributed by atoms with E-state index in [2.05, 4.69) is 51.1 Å². The fraction of sp³-hybridized carbons (Fsp3) is 0.333. The van der Waals surface area contributed by atoms with Gasteiger partial charge in [-0.3, -0.25) is 0 Å². The lowest BCUT2D eigenvalue weighted by Crippen LogP contribution is -2.01. The SMILES string of the molecule is CC(C)c1cc(-c2ccccc2)c2c(c1N)OCC2C. The molecule has 2 heteroatoms. The summed E-state index contributed by atoms with van der Waals surface area (Å²) >= 11 is 0. The van der Waals surface area contributed by atoms with Crippen molar-refractivity contribution in [3.8, 4) is 16.9 Å². The van der Waals surface area contributed by atoms with E-state index in [9.17, 15) is 0 Å². The van der Waals surface area contributed by atoms with E-state index in [0.29, 0.717) is 11.8 Å². The predicted molar refractivity (Wildman–Crippen MR) is 84.3 cm³/mol. The minimum Gasteiger partial charge on any atom is -0.490 e. The van der Waals surface area contributed by atoms with Gasteiger partial charge < -0.3 is 10.5 Å². The molecule has 2 N–H and O–H groups in total. The number of hydrogen-bond donors (Lipinski definition) is 1. The van der Waals surface area contributed by atoms with Crippen LogP contribution in [0.15, 0.2) is 36.4 Å². The minimum absolute atomic E-state index is 0.391. The Bertz CT molecular complexity index is 632. The molecule has 1 aliphatic rings. The summed E-state index contributed by atoms with van der Waals surface area (Å²) in [4.78, 5) is 0. The second-order valence-electron chi connectivity index (χ2n) is 5.90. The van der Waals surface area contributed by atoms with Crippen LogP contribution in [0.4, 0.5) is 5.69 Å². The molecular formula is C18H21NO. The number of fused-ring (bicyclic) bond motifs is 1. The van der Waals surface area contributed by atoms with Gasteiger partial charge in [0.15, 0.2) is 0 Å². The van der Waals surface area contributed by atoms with Gasteiger partial charge >= 0.3 is 0 Å². The Morgan fingerprint density at radius 2 is 1.90 bits per heavy atom. The molecule has 0 aromatic heterocycles. The highest BCUT2D eigenvalue weighted by Gasteiger charge is 2.28. The largest absolute Gasteiger partial charge is 0.490 e. The summed E-state index contributed by atoms with van der Waals surface area (Å²) in [5, 5.41) is 0. The molecule has 1 atom stereocenters. The van der Waals surface area contributed by atoms with Crippen molar-refractivity contribution in [3.05, 3.63) is 47.5 Å². The molecule has 0 amide bonds. The molecule has 0 radical (unpaired) electrons. The smallest absolute Gasteiger partial charge is 0.146 e. The molecule has 2 aromatic carbocycles. The van der Waals surface area contributed by atoms with Crippen molar-refractivity contribution < 1.29 is 4.74 Å². The average molecular weight is 267 g/mol. The quantitative estimate of drug-likeness (QED) is 0.810. The van der Waals surface area contributed by atoms with E-state index in [1.54, 1.807) is 0 Å². The third-order valence-electron chi connectivity index (χ3n) is 4.07. The minimum atomic E-state index is 0.391. The number of hydrogen-bond acceptors (Lipinski definition) is 2. The maximum atomic E-state index is 6.32. The molecule has 0 bridgehead atoms. The zero-order chi connectivity index (χ0) is 14.3. The fourth-order valence-corrected chi connectivity index (χ4v) is 2.98. The van der Waals surface area contributed by atoms with Gasteiger partial charge in [0.25, 0.3) is 0 Å². The maximum absolute atomic E-state index is 6.32. The molecular weight excluding hydrogens is 246 g/mol. The standard InChI is InChI=1S/C18H21NO/c1-11(2)14-9-15(13-7-5-4-6-8-13)16-12(3)10-20-18(16)17(14)19/h4-9,11-12H,10,19H2,1-3H3. The van der Waals surface area contributed by atoms with Gasteiger partial charge in [0, 0.05) is 11.5 Å². The maximum Gasteiger partial charge on any atom is 0.146 e. The lowest BCUT2D eigenvalue weighted by atomic mass is 9.87. The van der Waals surface area contributed by atoms with Crippen LogP contribution in [0.3, 0.4) is 0 Å². The number of ether oxygens (including phenoxy) is 1. The predicted octanol–water partition coefficient (Wildman–Crippen LogP) is 4.56. The Morgan fingerprint density at radius 1 is 1.20 bits per heavy atom. The average Bonchev–Trinajstić information content (AvgIpc) is 2.83. The van der Waals surface area contributed by atoms with Crippen LogP contribution in [-0.4, -0.2) is 6.61 Å². The summed E-state index contributed by atoms with van der Waals surface area (Å²) in [5.41, 5.74) is 12.1. The van der Waals surface area contributed by atoms with Crippen molar-refractivity contribution in [2.45, 2.75) is 32.6 Å². The van der Waals surface area contributed by atoms with Crippen LogP contribution in [-0.2, 0) is 0 Å². The van der Waals surface area contributed by atoms with Crippen LogP contribution in [0.1, 0.15) is 43.7 Å². The third-order valence-corrected chi connectivity index (χ3v) is 4.07. The van der Waals surface area contributed by atoms with Crippen LogP contribution in [0.2, 0.25) is 0 Å². The molecule has 0 saturated carbocycles. The number of nitrogens with two attached hydrogens (primary N) is 1. The summed E-state index contributed by atoms with van der Waals surface area (Å²) in [6.45, 7) is 7.27. The topological polar surface area (TPSA) is 35.2 Å². The lowest BCUT2D eigenvalue weighted by Gasteiger charge is -2.18. The van der Waals surface area contributed by atoms with Crippen LogP contribution in [0.5, 0.6) is 5.75 Å². The molecule has 104 valence electrons. The molecule has 2 aromatic rings. The zero-order valence-corrected chi connectivity index (χ0v) is 12.3.